The van der Waals surface area contributed by atoms with Crippen LogP contribution in [0.3, 0.4) is 0 Å². The number of fused-ring (bicyclic) bond motifs is 1. The largest absolute Gasteiger partial charge is 0.295 e. The SMILES string of the molecule is Cc1cccc(C(C2Sc3nc(C)nn3C2=O)N2CCCC2)c1. The molecule has 4 rings (SSSR count). The van der Waals surface area contributed by atoms with Crippen LogP contribution >= 0.6 is 11.8 Å². The Balaban J connectivity index is 1.71. The van der Waals surface area contributed by atoms with Crippen molar-refractivity contribution in [3.63, 3.8) is 0 Å². The molecule has 1 fully saturated rings. The maximum atomic E-state index is 12.9. The van der Waals surface area contributed by atoms with E-state index in [2.05, 4.69) is 46.2 Å². The Bertz CT molecular complexity index is 751. The topological polar surface area (TPSA) is 51.0 Å². The second kappa shape index (κ2) is 5.76. The first-order chi connectivity index (χ1) is 11.1. The Morgan fingerprint density at radius 3 is 2.74 bits per heavy atom. The predicted molar refractivity (Wildman–Crippen MR) is 89.8 cm³/mol. The zero-order chi connectivity index (χ0) is 16.0. The van der Waals surface area contributed by atoms with Crippen molar-refractivity contribution in [1.82, 2.24) is 19.7 Å². The van der Waals surface area contributed by atoms with Gasteiger partial charge in [-0.1, -0.05) is 41.6 Å². The number of thioether (sulfide) groups is 1. The summed E-state index contributed by atoms with van der Waals surface area (Å²) in [5.41, 5.74) is 2.45. The second-order valence-electron chi connectivity index (χ2n) is 6.33. The Kier molecular flexibility index (Phi) is 3.73. The van der Waals surface area contributed by atoms with Crippen molar-refractivity contribution in [3.05, 3.63) is 41.2 Å². The Labute approximate surface area is 140 Å². The minimum atomic E-state index is -0.162. The van der Waals surface area contributed by atoms with E-state index in [0.717, 1.165) is 18.2 Å². The van der Waals surface area contributed by atoms with Crippen molar-refractivity contribution in [2.24, 2.45) is 0 Å². The lowest BCUT2D eigenvalue weighted by atomic mass is 9.99. The maximum Gasteiger partial charge on any atom is 0.264 e. The monoisotopic (exact) mass is 328 g/mol. The Morgan fingerprint density at radius 2 is 2.04 bits per heavy atom. The molecule has 2 atom stereocenters. The first-order valence-electron chi connectivity index (χ1n) is 8.08. The molecule has 120 valence electrons. The van der Waals surface area contributed by atoms with Crippen molar-refractivity contribution >= 4 is 17.7 Å². The average Bonchev–Trinajstić information content (AvgIpc) is 3.21. The molecular formula is C17H20N4OS. The van der Waals surface area contributed by atoms with E-state index in [1.165, 1.54) is 28.7 Å². The van der Waals surface area contributed by atoms with Crippen LogP contribution in [0.1, 0.15) is 40.6 Å². The summed E-state index contributed by atoms with van der Waals surface area (Å²) in [6.07, 6.45) is 2.41. The third kappa shape index (κ3) is 2.60. The molecule has 5 nitrogen and oxygen atoms in total. The van der Waals surface area contributed by atoms with Crippen molar-refractivity contribution in [2.75, 3.05) is 13.1 Å². The Hall–Kier alpha value is -1.66. The predicted octanol–water partition coefficient (Wildman–Crippen LogP) is 2.85. The van der Waals surface area contributed by atoms with E-state index in [9.17, 15) is 4.79 Å². The highest BCUT2D eigenvalue weighted by Crippen LogP contribution is 2.42. The third-order valence-corrected chi connectivity index (χ3v) is 5.76. The summed E-state index contributed by atoms with van der Waals surface area (Å²) in [5, 5.41) is 4.83. The Morgan fingerprint density at radius 1 is 1.26 bits per heavy atom. The van der Waals surface area contributed by atoms with Crippen molar-refractivity contribution < 1.29 is 4.79 Å². The molecule has 0 N–H and O–H groups in total. The summed E-state index contributed by atoms with van der Waals surface area (Å²) in [6, 6.07) is 8.63. The van der Waals surface area contributed by atoms with Gasteiger partial charge in [-0.25, -0.2) is 4.98 Å². The smallest absolute Gasteiger partial charge is 0.264 e. The van der Waals surface area contributed by atoms with Gasteiger partial charge < -0.3 is 0 Å². The summed E-state index contributed by atoms with van der Waals surface area (Å²) in [5.74, 6) is 0.719. The van der Waals surface area contributed by atoms with Gasteiger partial charge in [0.05, 0.1) is 6.04 Å². The average molecular weight is 328 g/mol. The first-order valence-corrected chi connectivity index (χ1v) is 8.96. The van der Waals surface area contributed by atoms with Crippen LogP contribution in [-0.2, 0) is 0 Å². The van der Waals surface area contributed by atoms with Gasteiger partial charge in [0.2, 0.25) is 0 Å². The summed E-state index contributed by atoms with van der Waals surface area (Å²) in [4.78, 5) is 19.7. The van der Waals surface area contributed by atoms with Crippen molar-refractivity contribution in [1.29, 1.82) is 0 Å². The maximum absolute atomic E-state index is 12.9. The van der Waals surface area contributed by atoms with E-state index in [1.54, 1.807) is 11.8 Å². The summed E-state index contributed by atoms with van der Waals surface area (Å²) < 4.78 is 1.49. The zero-order valence-corrected chi connectivity index (χ0v) is 14.2. The molecule has 0 saturated carbocycles. The fraction of sp³-hybridized carbons (Fsp3) is 0.471. The highest BCUT2D eigenvalue weighted by atomic mass is 32.2. The van der Waals surface area contributed by atoms with Gasteiger partial charge in [-0.15, -0.1) is 5.10 Å². The van der Waals surface area contributed by atoms with E-state index in [-0.39, 0.29) is 17.2 Å². The molecule has 0 bridgehead atoms. The van der Waals surface area contributed by atoms with Crippen LogP contribution in [0.5, 0.6) is 0 Å². The van der Waals surface area contributed by atoms with E-state index in [4.69, 9.17) is 0 Å². The standard InChI is InChI=1S/C17H20N4OS/c1-11-6-5-7-13(10-11)14(20-8-3-4-9-20)15-16(22)21-17(23-15)18-12(2)19-21/h5-7,10,14-15H,3-4,8-9H2,1-2H3. The van der Waals surface area contributed by atoms with Crippen LogP contribution < -0.4 is 0 Å². The van der Waals surface area contributed by atoms with E-state index < -0.39 is 0 Å². The van der Waals surface area contributed by atoms with Gasteiger partial charge in [-0.05, 0) is 45.3 Å². The quantitative estimate of drug-likeness (QED) is 0.867. The molecule has 23 heavy (non-hydrogen) atoms. The van der Waals surface area contributed by atoms with Gasteiger partial charge in [0.1, 0.15) is 11.1 Å². The fourth-order valence-electron chi connectivity index (χ4n) is 3.55. The minimum Gasteiger partial charge on any atom is -0.295 e. The zero-order valence-electron chi connectivity index (χ0n) is 13.4. The van der Waals surface area contributed by atoms with Crippen LogP contribution in [-0.4, -0.2) is 43.9 Å². The number of hydrogen-bond acceptors (Lipinski definition) is 5. The summed E-state index contributed by atoms with van der Waals surface area (Å²) in [7, 11) is 0. The molecule has 6 heteroatoms. The van der Waals surface area contributed by atoms with Crippen molar-refractivity contribution in [2.45, 2.75) is 43.1 Å². The molecular weight excluding hydrogens is 308 g/mol. The molecule has 0 aliphatic carbocycles. The molecule has 1 aromatic carbocycles. The molecule has 0 radical (unpaired) electrons. The minimum absolute atomic E-state index is 0.0593. The van der Waals surface area contributed by atoms with Gasteiger partial charge >= 0.3 is 0 Å². The number of benzene rings is 1. The van der Waals surface area contributed by atoms with Crippen LogP contribution in [0, 0.1) is 13.8 Å². The first kappa shape index (κ1) is 14.9. The molecule has 3 heterocycles. The highest BCUT2D eigenvalue weighted by molar-refractivity contribution is 8.00. The molecule has 2 aliphatic rings. The van der Waals surface area contributed by atoms with Crippen LogP contribution in [0.15, 0.2) is 29.4 Å². The summed E-state index contributed by atoms with van der Waals surface area (Å²) >= 11 is 1.56. The van der Waals surface area contributed by atoms with Gasteiger partial charge in [-0.3, -0.25) is 9.69 Å². The number of carbonyl (C=O) groups excluding carboxylic acids is 1. The number of carbonyl (C=O) groups is 1. The molecule has 0 spiro atoms. The van der Waals surface area contributed by atoms with Crippen LogP contribution in [0.25, 0.3) is 0 Å². The normalized spacial score (nSPS) is 22.5. The van der Waals surface area contributed by atoms with Crippen LogP contribution in [0.2, 0.25) is 0 Å². The van der Waals surface area contributed by atoms with Gasteiger partial charge in [0.25, 0.3) is 5.91 Å². The lowest BCUT2D eigenvalue weighted by molar-refractivity contribution is 0.0847. The summed E-state index contributed by atoms with van der Waals surface area (Å²) in [6.45, 7) is 6.03. The number of aromatic nitrogens is 3. The lowest BCUT2D eigenvalue weighted by Crippen LogP contribution is -2.37. The van der Waals surface area contributed by atoms with Crippen LogP contribution in [0.4, 0.5) is 0 Å². The molecule has 2 unspecified atom stereocenters. The molecule has 1 aromatic heterocycles. The lowest BCUT2D eigenvalue weighted by Gasteiger charge is -2.31. The molecule has 2 aliphatic heterocycles. The number of hydrogen-bond donors (Lipinski definition) is 0. The number of nitrogens with zero attached hydrogens (tertiary/aromatic N) is 4. The second-order valence-corrected chi connectivity index (χ2v) is 7.44. The van der Waals surface area contributed by atoms with Crippen molar-refractivity contribution in [3.8, 4) is 0 Å². The van der Waals surface area contributed by atoms with E-state index in [1.807, 2.05) is 6.92 Å². The van der Waals surface area contributed by atoms with E-state index >= 15 is 0 Å². The van der Waals surface area contributed by atoms with Gasteiger partial charge in [0.15, 0.2) is 5.16 Å². The number of aryl methyl sites for hydroxylation is 2. The molecule has 1 saturated heterocycles. The number of rotatable bonds is 3. The highest BCUT2D eigenvalue weighted by Gasteiger charge is 2.43. The van der Waals surface area contributed by atoms with E-state index in [0.29, 0.717) is 5.82 Å². The van der Waals surface area contributed by atoms with Gasteiger partial charge in [-0.2, -0.15) is 4.68 Å². The third-order valence-electron chi connectivity index (χ3n) is 4.57. The number of likely N-dealkylation sites (tertiary alicyclic amines) is 1. The molecule has 2 aromatic rings. The molecule has 0 amide bonds. The van der Waals surface area contributed by atoms with Gasteiger partial charge in [0, 0.05) is 0 Å². The fourth-order valence-corrected chi connectivity index (χ4v) is 4.85.